The Kier molecular flexibility index (Phi) is 3.91. The van der Waals surface area contributed by atoms with E-state index in [-0.39, 0.29) is 12.3 Å². The summed E-state index contributed by atoms with van der Waals surface area (Å²) in [5.41, 5.74) is -0.654. The van der Waals surface area contributed by atoms with Gasteiger partial charge in [0.25, 0.3) is 0 Å². The number of hydrogen-bond donors (Lipinski definition) is 2. The van der Waals surface area contributed by atoms with Crippen molar-refractivity contribution in [2.24, 2.45) is 5.92 Å². The van der Waals surface area contributed by atoms with Crippen LogP contribution in [0, 0.1) is 5.92 Å². The van der Waals surface area contributed by atoms with Gasteiger partial charge in [0.05, 0.1) is 21.5 Å². The zero-order chi connectivity index (χ0) is 15.9. The Labute approximate surface area is 137 Å². The maximum atomic E-state index is 11.6. The van der Waals surface area contributed by atoms with Gasteiger partial charge in [-0.25, -0.2) is 4.98 Å². The quantitative estimate of drug-likeness (QED) is 0.857. The number of pyridine rings is 1. The summed E-state index contributed by atoms with van der Waals surface area (Å²) >= 11 is 12.0. The van der Waals surface area contributed by atoms with E-state index in [4.69, 9.17) is 23.2 Å². The molecule has 2 saturated heterocycles. The van der Waals surface area contributed by atoms with Gasteiger partial charge in [0.15, 0.2) is 0 Å². The van der Waals surface area contributed by atoms with Crippen LogP contribution in [0.25, 0.3) is 0 Å². The summed E-state index contributed by atoms with van der Waals surface area (Å²) in [5.74, 6) is -1.15. The van der Waals surface area contributed by atoms with Gasteiger partial charge in [-0.2, -0.15) is 0 Å². The number of nitrogens with one attached hydrogen (secondary N) is 1. The number of aliphatic carboxylic acids is 1. The molecule has 0 bridgehead atoms. The number of halogens is 2. The number of carbonyl (C=O) groups excluding carboxylic acids is 1. The Morgan fingerprint density at radius 3 is 2.68 bits per heavy atom. The SMILES string of the molecule is O=C1CC(C(=O)O)C2(CCN(c3ncc(Cl)cc3Cl)CC2)N1. The van der Waals surface area contributed by atoms with Crippen molar-refractivity contribution in [1.29, 1.82) is 0 Å². The van der Waals surface area contributed by atoms with E-state index >= 15 is 0 Å². The first-order valence-corrected chi connectivity index (χ1v) is 7.77. The average molecular weight is 344 g/mol. The number of amides is 1. The maximum Gasteiger partial charge on any atom is 0.309 e. The number of nitrogens with zero attached hydrogens (tertiary/aromatic N) is 2. The number of aromatic nitrogens is 1. The van der Waals surface area contributed by atoms with Crippen molar-refractivity contribution in [2.45, 2.75) is 24.8 Å². The molecule has 2 aliphatic rings. The predicted octanol–water partition coefficient (Wildman–Crippen LogP) is 1.95. The van der Waals surface area contributed by atoms with Crippen molar-refractivity contribution in [2.75, 3.05) is 18.0 Å². The van der Waals surface area contributed by atoms with Crippen LogP contribution in [0.4, 0.5) is 5.82 Å². The highest BCUT2D eigenvalue weighted by atomic mass is 35.5. The number of piperidine rings is 1. The van der Waals surface area contributed by atoms with Crippen molar-refractivity contribution in [3.63, 3.8) is 0 Å². The molecule has 1 amide bonds. The summed E-state index contributed by atoms with van der Waals surface area (Å²) in [6, 6.07) is 1.63. The second-order valence-corrected chi connectivity index (χ2v) is 6.59. The minimum absolute atomic E-state index is 0.0509. The van der Waals surface area contributed by atoms with Crippen LogP contribution >= 0.6 is 23.2 Å². The van der Waals surface area contributed by atoms with Gasteiger partial charge < -0.3 is 15.3 Å². The maximum absolute atomic E-state index is 11.6. The number of carbonyl (C=O) groups is 2. The zero-order valence-corrected chi connectivity index (χ0v) is 13.2. The predicted molar refractivity (Wildman–Crippen MR) is 82.3 cm³/mol. The van der Waals surface area contributed by atoms with Gasteiger partial charge in [0, 0.05) is 25.7 Å². The Morgan fingerprint density at radius 2 is 2.09 bits per heavy atom. The highest BCUT2D eigenvalue weighted by molar-refractivity contribution is 6.36. The van der Waals surface area contributed by atoms with E-state index in [1.54, 1.807) is 6.07 Å². The summed E-state index contributed by atoms with van der Waals surface area (Å²) < 4.78 is 0. The van der Waals surface area contributed by atoms with Crippen LogP contribution in [0.1, 0.15) is 19.3 Å². The van der Waals surface area contributed by atoms with Crippen molar-refractivity contribution in [1.82, 2.24) is 10.3 Å². The first-order chi connectivity index (χ1) is 10.4. The van der Waals surface area contributed by atoms with Crippen molar-refractivity contribution >= 4 is 40.9 Å². The molecule has 3 heterocycles. The molecule has 3 rings (SSSR count). The lowest BCUT2D eigenvalue weighted by Gasteiger charge is -2.42. The highest BCUT2D eigenvalue weighted by Crippen LogP contribution is 2.38. The van der Waals surface area contributed by atoms with Crippen LogP contribution < -0.4 is 10.2 Å². The molecule has 1 atom stereocenters. The van der Waals surface area contributed by atoms with Crippen LogP contribution in [-0.2, 0) is 9.59 Å². The summed E-state index contributed by atoms with van der Waals surface area (Å²) in [6.45, 7) is 1.16. The second kappa shape index (κ2) is 5.59. The smallest absolute Gasteiger partial charge is 0.309 e. The summed E-state index contributed by atoms with van der Waals surface area (Å²) in [6.07, 6.45) is 2.69. The molecule has 8 heteroatoms. The van der Waals surface area contributed by atoms with E-state index in [1.165, 1.54) is 6.20 Å². The van der Waals surface area contributed by atoms with Gasteiger partial charge in [-0.1, -0.05) is 23.2 Å². The molecule has 1 aromatic heterocycles. The number of rotatable bonds is 2. The highest BCUT2D eigenvalue weighted by Gasteiger charge is 2.51. The third-order valence-corrected chi connectivity index (χ3v) is 4.97. The van der Waals surface area contributed by atoms with Crippen molar-refractivity contribution in [3.05, 3.63) is 22.3 Å². The monoisotopic (exact) mass is 343 g/mol. The van der Waals surface area contributed by atoms with Gasteiger partial charge >= 0.3 is 5.97 Å². The van der Waals surface area contributed by atoms with Crippen molar-refractivity contribution < 1.29 is 14.7 Å². The Balaban J connectivity index is 1.77. The molecule has 0 saturated carbocycles. The van der Waals surface area contributed by atoms with Crippen molar-refractivity contribution in [3.8, 4) is 0 Å². The number of hydrogen-bond acceptors (Lipinski definition) is 4. The molecular formula is C14H15Cl2N3O3. The van der Waals surface area contributed by atoms with Crippen LogP contribution in [0.3, 0.4) is 0 Å². The standard InChI is InChI=1S/C14H15Cl2N3O3/c15-8-5-10(16)12(17-7-8)19-3-1-14(2-4-19)9(13(21)22)6-11(20)18-14/h5,7,9H,1-4,6H2,(H,18,20)(H,21,22). The Hall–Kier alpha value is -1.53. The fourth-order valence-corrected chi connectivity index (χ4v) is 3.85. The number of carboxylic acid groups (broad SMARTS) is 1. The molecule has 0 aromatic carbocycles. The molecule has 1 aromatic rings. The lowest BCUT2D eigenvalue weighted by molar-refractivity contribution is -0.144. The van der Waals surface area contributed by atoms with E-state index in [2.05, 4.69) is 10.3 Å². The molecule has 2 fully saturated rings. The van der Waals surface area contributed by atoms with Crippen LogP contribution in [0.15, 0.2) is 12.3 Å². The van der Waals surface area contributed by atoms with E-state index in [9.17, 15) is 14.7 Å². The van der Waals surface area contributed by atoms with E-state index in [1.807, 2.05) is 4.90 Å². The molecule has 1 unspecified atom stereocenters. The first-order valence-electron chi connectivity index (χ1n) is 7.01. The fourth-order valence-electron chi connectivity index (χ4n) is 3.35. The van der Waals surface area contributed by atoms with Crippen LogP contribution in [0.5, 0.6) is 0 Å². The summed E-state index contributed by atoms with van der Waals surface area (Å²) in [4.78, 5) is 29.3. The molecule has 22 heavy (non-hydrogen) atoms. The molecule has 0 aliphatic carbocycles. The van der Waals surface area contributed by atoms with E-state index in [0.29, 0.717) is 41.8 Å². The Morgan fingerprint density at radius 1 is 1.41 bits per heavy atom. The largest absolute Gasteiger partial charge is 0.481 e. The molecule has 2 aliphatic heterocycles. The van der Waals surface area contributed by atoms with Crippen LogP contribution in [-0.4, -0.2) is 40.6 Å². The third-order valence-electron chi connectivity index (χ3n) is 4.49. The topological polar surface area (TPSA) is 82.5 Å². The van der Waals surface area contributed by atoms with Gasteiger partial charge in [0.2, 0.25) is 5.91 Å². The van der Waals surface area contributed by atoms with Crippen LogP contribution in [0.2, 0.25) is 10.0 Å². The third kappa shape index (κ3) is 2.61. The molecule has 1 spiro atoms. The second-order valence-electron chi connectivity index (χ2n) is 5.75. The average Bonchev–Trinajstić information content (AvgIpc) is 2.77. The van der Waals surface area contributed by atoms with Gasteiger partial charge in [0.1, 0.15) is 5.82 Å². The van der Waals surface area contributed by atoms with Gasteiger partial charge in [-0.15, -0.1) is 0 Å². The van der Waals surface area contributed by atoms with E-state index < -0.39 is 17.4 Å². The minimum atomic E-state index is -0.922. The molecule has 118 valence electrons. The summed E-state index contributed by atoms with van der Waals surface area (Å²) in [7, 11) is 0. The number of carboxylic acids is 1. The minimum Gasteiger partial charge on any atom is -0.481 e. The Bertz CT molecular complexity index is 630. The van der Waals surface area contributed by atoms with E-state index in [0.717, 1.165) is 0 Å². The number of anilines is 1. The molecule has 6 nitrogen and oxygen atoms in total. The molecule has 2 N–H and O–H groups in total. The fraction of sp³-hybridized carbons (Fsp3) is 0.500. The lowest BCUT2D eigenvalue weighted by atomic mass is 9.78. The molecule has 0 radical (unpaired) electrons. The lowest BCUT2D eigenvalue weighted by Crippen LogP contribution is -2.55. The molecular weight excluding hydrogens is 329 g/mol. The normalized spacial score (nSPS) is 23.6. The first kappa shape index (κ1) is 15.4. The van der Waals surface area contributed by atoms with Gasteiger partial charge in [-0.3, -0.25) is 9.59 Å². The summed E-state index contributed by atoms with van der Waals surface area (Å²) in [5, 5.41) is 13.2. The zero-order valence-electron chi connectivity index (χ0n) is 11.7. The van der Waals surface area contributed by atoms with Gasteiger partial charge in [-0.05, 0) is 18.9 Å².